The number of ether oxygens (including phenoxy) is 1. The Morgan fingerprint density at radius 3 is 2.87 bits per heavy atom. The molecule has 2 rings (SSSR count). The van der Waals surface area contributed by atoms with E-state index in [1.807, 2.05) is 12.1 Å². The minimum Gasteiger partial charge on any atom is -0.378 e. The van der Waals surface area contributed by atoms with E-state index in [0.717, 1.165) is 18.2 Å². The van der Waals surface area contributed by atoms with Gasteiger partial charge in [-0.3, -0.25) is 0 Å². The lowest BCUT2D eigenvalue weighted by molar-refractivity contribution is 0.0767. The summed E-state index contributed by atoms with van der Waals surface area (Å²) in [6.45, 7) is 4.48. The Morgan fingerprint density at radius 1 is 1.47 bits per heavy atom. The van der Waals surface area contributed by atoms with Crippen LogP contribution in [0.4, 0.5) is 0 Å². The van der Waals surface area contributed by atoms with Gasteiger partial charge in [0.05, 0.1) is 19.3 Å². The molecule has 1 aromatic carbocycles. The highest BCUT2D eigenvalue weighted by atomic mass is 35.5. The normalized spacial score (nSPS) is 20.8. The predicted molar refractivity (Wildman–Crippen MR) is 65.0 cm³/mol. The Balaban J connectivity index is 0.00000112. The Kier molecular flexibility index (Phi) is 4.87. The van der Waals surface area contributed by atoms with Crippen LogP contribution in [0.2, 0.25) is 5.02 Å². The monoisotopic (exact) mass is 247 g/mol. The van der Waals surface area contributed by atoms with Crippen LogP contribution in [0.3, 0.4) is 0 Å². The van der Waals surface area contributed by atoms with Crippen molar-refractivity contribution in [3.05, 3.63) is 34.3 Å². The molecule has 1 heterocycles. The van der Waals surface area contributed by atoms with Gasteiger partial charge in [0.2, 0.25) is 0 Å². The highest BCUT2D eigenvalue weighted by Gasteiger charge is 2.19. The zero-order valence-corrected chi connectivity index (χ0v) is 10.2. The van der Waals surface area contributed by atoms with E-state index >= 15 is 0 Å². The van der Waals surface area contributed by atoms with Crippen molar-refractivity contribution in [3.63, 3.8) is 0 Å². The lowest BCUT2D eigenvalue weighted by Gasteiger charge is -2.26. The van der Waals surface area contributed by atoms with E-state index in [2.05, 4.69) is 18.3 Å². The molecule has 0 aliphatic carbocycles. The molecule has 1 aliphatic heterocycles. The smallest absolute Gasteiger partial charge is 0.0662 e. The summed E-state index contributed by atoms with van der Waals surface area (Å²) >= 11 is 6.17. The minimum absolute atomic E-state index is 0. The predicted octanol–water partition coefficient (Wildman–Crippen LogP) is 2.73. The van der Waals surface area contributed by atoms with E-state index in [0.29, 0.717) is 6.61 Å². The topological polar surface area (TPSA) is 21.3 Å². The van der Waals surface area contributed by atoms with Crippen LogP contribution >= 0.6 is 24.0 Å². The summed E-state index contributed by atoms with van der Waals surface area (Å²) in [4.78, 5) is 0. The summed E-state index contributed by atoms with van der Waals surface area (Å²) in [5, 5.41) is 4.23. The molecular formula is C11H15Cl2NO. The fraction of sp³-hybridized carbons (Fsp3) is 0.455. The van der Waals surface area contributed by atoms with Crippen molar-refractivity contribution in [1.82, 2.24) is 5.32 Å². The molecule has 0 saturated carbocycles. The van der Waals surface area contributed by atoms with E-state index in [1.165, 1.54) is 11.1 Å². The molecule has 1 saturated heterocycles. The van der Waals surface area contributed by atoms with E-state index in [9.17, 15) is 0 Å². The zero-order chi connectivity index (χ0) is 9.97. The molecule has 84 valence electrons. The highest BCUT2D eigenvalue weighted by molar-refractivity contribution is 6.31. The van der Waals surface area contributed by atoms with Gasteiger partial charge >= 0.3 is 0 Å². The number of rotatable bonds is 1. The quantitative estimate of drug-likeness (QED) is 0.825. The van der Waals surface area contributed by atoms with Crippen molar-refractivity contribution >= 4 is 24.0 Å². The van der Waals surface area contributed by atoms with Gasteiger partial charge in [0.15, 0.2) is 0 Å². The Bertz CT molecular complexity index is 304. The van der Waals surface area contributed by atoms with Crippen LogP contribution < -0.4 is 5.32 Å². The number of hydrogen-bond donors (Lipinski definition) is 1. The zero-order valence-electron chi connectivity index (χ0n) is 8.63. The van der Waals surface area contributed by atoms with Gasteiger partial charge in [-0.1, -0.05) is 23.7 Å². The lowest BCUT2D eigenvalue weighted by atomic mass is 10.0. The first-order valence-corrected chi connectivity index (χ1v) is 5.23. The first kappa shape index (κ1) is 12.8. The van der Waals surface area contributed by atoms with Crippen LogP contribution in [0, 0.1) is 6.92 Å². The van der Waals surface area contributed by atoms with Gasteiger partial charge in [-0.15, -0.1) is 12.4 Å². The summed E-state index contributed by atoms with van der Waals surface area (Å²) in [5.74, 6) is 0. The van der Waals surface area contributed by atoms with E-state index in [1.54, 1.807) is 0 Å². The largest absolute Gasteiger partial charge is 0.378 e. The van der Waals surface area contributed by atoms with Crippen molar-refractivity contribution in [1.29, 1.82) is 0 Å². The van der Waals surface area contributed by atoms with Crippen LogP contribution in [-0.4, -0.2) is 19.8 Å². The fourth-order valence-corrected chi connectivity index (χ4v) is 2.19. The maximum atomic E-state index is 6.17. The van der Waals surface area contributed by atoms with Crippen molar-refractivity contribution in [2.75, 3.05) is 19.8 Å². The number of benzene rings is 1. The molecule has 4 heteroatoms. The molecule has 1 atom stereocenters. The Hall–Kier alpha value is -0.280. The Labute approximate surface area is 101 Å². The third-order valence-electron chi connectivity index (χ3n) is 2.54. The van der Waals surface area contributed by atoms with E-state index in [-0.39, 0.29) is 18.4 Å². The second-order valence-electron chi connectivity index (χ2n) is 3.55. The summed E-state index contributed by atoms with van der Waals surface area (Å²) < 4.78 is 5.43. The summed E-state index contributed by atoms with van der Waals surface area (Å²) in [6.07, 6.45) is 0. The summed E-state index contributed by atoms with van der Waals surface area (Å²) in [6, 6.07) is 6.24. The van der Waals surface area contributed by atoms with Gasteiger partial charge in [0.1, 0.15) is 0 Å². The third kappa shape index (κ3) is 2.85. The second kappa shape index (κ2) is 5.71. The molecule has 0 unspecified atom stereocenters. The van der Waals surface area contributed by atoms with Gasteiger partial charge in [-0.05, 0) is 24.1 Å². The molecule has 2 nitrogen and oxygen atoms in total. The van der Waals surface area contributed by atoms with Crippen molar-refractivity contribution in [2.24, 2.45) is 0 Å². The second-order valence-corrected chi connectivity index (χ2v) is 3.96. The molecule has 1 aromatic rings. The SMILES string of the molecule is Cc1cccc(Cl)c1[C@@H]1COCCN1.Cl. The number of hydrogen-bond acceptors (Lipinski definition) is 2. The molecule has 0 amide bonds. The van der Waals surface area contributed by atoms with E-state index < -0.39 is 0 Å². The molecule has 15 heavy (non-hydrogen) atoms. The average Bonchev–Trinajstić information content (AvgIpc) is 2.19. The van der Waals surface area contributed by atoms with Crippen molar-refractivity contribution < 1.29 is 4.74 Å². The maximum Gasteiger partial charge on any atom is 0.0662 e. The molecule has 0 bridgehead atoms. The molecular weight excluding hydrogens is 233 g/mol. The first-order chi connectivity index (χ1) is 6.79. The Morgan fingerprint density at radius 2 is 2.27 bits per heavy atom. The molecule has 1 aliphatic rings. The van der Waals surface area contributed by atoms with Crippen LogP contribution in [0.1, 0.15) is 17.2 Å². The van der Waals surface area contributed by atoms with Gasteiger partial charge in [-0.25, -0.2) is 0 Å². The van der Waals surface area contributed by atoms with Crippen molar-refractivity contribution in [2.45, 2.75) is 13.0 Å². The average molecular weight is 248 g/mol. The van der Waals surface area contributed by atoms with E-state index in [4.69, 9.17) is 16.3 Å². The standard InChI is InChI=1S/C11H14ClNO.ClH/c1-8-3-2-4-9(12)11(8)10-7-14-6-5-13-10;/h2-4,10,13H,5-7H2,1H3;1H/t10-;/m0./s1. The summed E-state index contributed by atoms with van der Waals surface area (Å²) in [7, 11) is 0. The molecule has 0 radical (unpaired) electrons. The lowest BCUT2D eigenvalue weighted by Crippen LogP contribution is -2.35. The van der Waals surface area contributed by atoms with Crippen LogP contribution in [0.5, 0.6) is 0 Å². The highest BCUT2D eigenvalue weighted by Crippen LogP contribution is 2.27. The molecule has 0 aromatic heterocycles. The molecule has 0 spiro atoms. The van der Waals surface area contributed by atoms with Gasteiger partial charge < -0.3 is 10.1 Å². The fourth-order valence-electron chi connectivity index (χ4n) is 1.84. The number of aryl methyl sites for hydroxylation is 1. The van der Waals surface area contributed by atoms with Crippen LogP contribution in [0.15, 0.2) is 18.2 Å². The number of morpholine rings is 1. The van der Waals surface area contributed by atoms with Crippen LogP contribution in [-0.2, 0) is 4.74 Å². The van der Waals surface area contributed by atoms with Gasteiger partial charge in [0, 0.05) is 11.6 Å². The van der Waals surface area contributed by atoms with Gasteiger partial charge in [0.25, 0.3) is 0 Å². The van der Waals surface area contributed by atoms with Crippen molar-refractivity contribution in [3.8, 4) is 0 Å². The number of nitrogens with one attached hydrogen (secondary N) is 1. The minimum atomic E-state index is 0. The maximum absolute atomic E-state index is 6.17. The van der Waals surface area contributed by atoms with Crippen LogP contribution in [0.25, 0.3) is 0 Å². The molecule has 1 N–H and O–H groups in total. The van der Waals surface area contributed by atoms with Gasteiger partial charge in [-0.2, -0.15) is 0 Å². The summed E-state index contributed by atoms with van der Waals surface area (Å²) in [5.41, 5.74) is 2.40. The third-order valence-corrected chi connectivity index (χ3v) is 2.87. The first-order valence-electron chi connectivity index (χ1n) is 4.85. The molecule has 1 fully saturated rings. The number of halogens is 2.